The van der Waals surface area contributed by atoms with Crippen LogP contribution in [0.25, 0.3) is 0 Å². The van der Waals surface area contributed by atoms with Crippen molar-refractivity contribution in [2.75, 3.05) is 45.9 Å². The summed E-state index contributed by atoms with van der Waals surface area (Å²) in [6.07, 6.45) is 3.48. The largest absolute Gasteiger partial charge is 0.394 e. The van der Waals surface area contributed by atoms with Crippen molar-refractivity contribution in [3.05, 3.63) is 0 Å². The molecule has 0 radical (unpaired) electrons. The average molecular weight is 285 g/mol. The van der Waals surface area contributed by atoms with Gasteiger partial charge in [-0.2, -0.15) is 0 Å². The Labute approximate surface area is 125 Å². The molecule has 0 aromatic rings. The van der Waals surface area contributed by atoms with Gasteiger partial charge in [-0.1, -0.05) is 20.3 Å². The highest BCUT2D eigenvalue weighted by atomic mass is 16.3. The number of hydrogen-bond acceptors (Lipinski definition) is 4. The van der Waals surface area contributed by atoms with Gasteiger partial charge in [0.1, 0.15) is 0 Å². The molecule has 2 N–H and O–H groups in total. The third kappa shape index (κ3) is 5.68. The van der Waals surface area contributed by atoms with Crippen LogP contribution in [0.5, 0.6) is 0 Å². The van der Waals surface area contributed by atoms with Gasteiger partial charge in [0.25, 0.3) is 0 Å². The second-order valence-corrected chi connectivity index (χ2v) is 6.48. The molecule has 0 spiro atoms. The first kappa shape index (κ1) is 17.9. The predicted octanol–water partition coefficient (Wildman–Crippen LogP) is 1.54. The standard InChI is InChI=1S/C16H35N3O/c1-5-17-16(4,14-20)9-7-8-10-18-11-12-19(6-2)15(3)13-18/h15,17,20H,5-14H2,1-4H3. The summed E-state index contributed by atoms with van der Waals surface area (Å²) in [5.74, 6) is 0. The molecule has 1 aliphatic heterocycles. The van der Waals surface area contributed by atoms with E-state index in [4.69, 9.17) is 0 Å². The van der Waals surface area contributed by atoms with E-state index in [1.807, 2.05) is 0 Å². The second-order valence-electron chi connectivity index (χ2n) is 6.48. The predicted molar refractivity (Wildman–Crippen MR) is 86.2 cm³/mol. The van der Waals surface area contributed by atoms with Gasteiger partial charge in [0.15, 0.2) is 0 Å². The van der Waals surface area contributed by atoms with Crippen molar-refractivity contribution in [3.8, 4) is 0 Å². The Bertz CT molecular complexity index is 262. The summed E-state index contributed by atoms with van der Waals surface area (Å²) in [6, 6.07) is 0.693. The van der Waals surface area contributed by atoms with Crippen LogP contribution in [-0.4, -0.2) is 72.4 Å². The lowest BCUT2D eigenvalue weighted by atomic mass is 9.95. The van der Waals surface area contributed by atoms with Crippen LogP contribution >= 0.6 is 0 Å². The maximum Gasteiger partial charge on any atom is 0.0610 e. The van der Waals surface area contributed by atoms with Crippen LogP contribution in [0.2, 0.25) is 0 Å². The number of piperazine rings is 1. The van der Waals surface area contributed by atoms with Gasteiger partial charge < -0.3 is 15.3 Å². The maximum absolute atomic E-state index is 9.48. The lowest BCUT2D eigenvalue weighted by Crippen LogP contribution is -2.51. The SMILES string of the molecule is CCNC(C)(CO)CCCCN1CCN(CC)C(C)C1. The van der Waals surface area contributed by atoms with E-state index in [0.717, 1.165) is 13.0 Å². The fraction of sp³-hybridized carbons (Fsp3) is 1.00. The Morgan fingerprint density at radius 3 is 2.55 bits per heavy atom. The molecule has 0 bridgehead atoms. The third-order valence-corrected chi connectivity index (χ3v) is 4.66. The number of hydrogen-bond donors (Lipinski definition) is 2. The molecule has 4 nitrogen and oxygen atoms in total. The Balaban J connectivity index is 2.18. The van der Waals surface area contributed by atoms with E-state index in [2.05, 4.69) is 42.8 Å². The Morgan fingerprint density at radius 1 is 1.25 bits per heavy atom. The van der Waals surface area contributed by atoms with E-state index >= 15 is 0 Å². The summed E-state index contributed by atoms with van der Waals surface area (Å²) in [5, 5.41) is 12.9. The summed E-state index contributed by atoms with van der Waals surface area (Å²) >= 11 is 0. The number of nitrogens with one attached hydrogen (secondary N) is 1. The molecular weight excluding hydrogens is 250 g/mol. The van der Waals surface area contributed by atoms with Crippen LogP contribution in [0.3, 0.4) is 0 Å². The second kappa shape index (κ2) is 8.98. The number of likely N-dealkylation sites (N-methyl/N-ethyl adjacent to an activating group) is 2. The number of aliphatic hydroxyl groups excluding tert-OH is 1. The zero-order valence-electron chi connectivity index (χ0n) is 14.0. The van der Waals surface area contributed by atoms with Crippen molar-refractivity contribution < 1.29 is 5.11 Å². The molecule has 1 aliphatic rings. The molecule has 2 unspecified atom stereocenters. The molecule has 4 heteroatoms. The smallest absolute Gasteiger partial charge is 0.0610 e. The van der Waals surface area contributed by atoms with E-state index in [1.165, 1.54) is 45.6 Å². The molecule has 0 amide bonds. The zero-order valence-corrected chi connectivity index (χ0v) is 14.0. The van der Waals surface area contributed by atoms with Crippen LogP contribution in [0.4, 0.5) is 0 Å². The van der Waals surface area contributed by atoms with Crippen LogP contribution < -0.4 is 5.32 Å². The molecule has 0 aromatic carbocycles. The number of aliphatic hydroxyl groups is 1. The van der Waals surface area contributed by atoms with Gasteiger partial charge in [0.2, 0.25) is 0 Å². The molecule has 1 saturated heterocycles. The van der Waals surface area contributed by atoms with Gasteiger partial charge in [-0.05, 0) is 46.3 Å². The first-order valence-electron chi connectivity index (χ1n) is 8.37. The fourth-order valence-corrected chi connectivity index (χ4v) is 3.24. The van der Waals surface area contributed by atoms with Crippen LogP contribution in [0.15, 0.2) is 0 Å². The minimum absolute atomic E-state index is 0.0943. The summed E-state index contributed by atoms with van der Waals surface area (Å²) in [4.78, 5) is 5.16. The summed E-state index contributed by atoms with van der Waals surface area (Å²) < 4.78 is 0. The minimum Gasteiger partial charge on any atom is -0.394 e. The highest BCUT2D eigenvalue weighted by molar-refractivity contribution is 4.82. The van der Waals surface area contributed by atoms with E-state index in [0.29, 0.717) is 6.04 Å². The van der Waals surface area contributed by atoms with Gasteiger partial charge in [-0.15, -0.1) is 0 Å². The Kier molecular flexibility index (Phi) is 8.03. The van der Waals surface area contributed by atoms with Crippen molar-refractivity contribution in [1.29, 1.82) is 0 Å². The Morgan fingerprint density at radius 2 is 2.00 bits per heavy atom. The Hall–Kier alpha value is -0.160. The molecule has 1 heterocycles. The van der Waals surface area contributed by atoms with Crippen molar-refractivity contribution in [1.82, 2.24) is 15.1 Å². The molecule has 0 aromatic heterocycles. The first-order chi connectivity index (χ1) is 9.54. The van der Waals surface area contributed by atoms with Crippen molar-refractivity contribution in [3.63, 3.8) is 0 Å². The molecule has 0 aliphatic carbocycles. The third-order valence-electron chi connectivity index (χ3n) is 4.66. The van der Waals surface area contributed by atoms with Crippen molar-refractivity contribution >= 4 is 0 Å². The topological polar surface area (TPSA) is 38.7 Å². The molecular formula is C16H35N3O. The van der Waals surface area contributed by atoms with Gasteiger partial charge >= 0.3 is 0 Å². The van der Waals surface area contributed by atoms with Crippen LogP contribution in [0, 0.1) is 0 Å². The molecule has 20 heavy (non-hydrogen) atoms. The fourth-order valence-electron chi connectivity index (χ4n) is 3.24. The average Bonchev–Trinajstić information content (AvgIpc) is 2.44. The molecule has 1 fully saturated rings. The molecule has 2 atom stereocenters. The highest BCUT2D eigenvalue weighted by Gasteiger charge is 2.23. The van der Waals surface area contributed by atoms with Gasteiger partial charge in [-0.25, -0.2) is 0 Å². The molecule has 1 rings (SSSR count). The van der Waals surface area contributed by atoms with Crippen LogP contribution in [-0.2, 0) is 0 Å². The lowest BCUT2D eigenvalue weighted by molar-refractivity contribution is 0.0857. The van der Waals surface area contributed by atoms with E-state index < -0.39 is 0 Å². The summed E-state index contributed by atoms with van der Waals surface area (Å²) in [6.45, 7) is 16.0. The monoisotopic (exact) mass is 285 g/mol. The summed E-state index contributed by atoms with van der Waals surface area (Å²) in [5.41, 5.74) is -0.0943. The van der Waals surface area contributed by atoms with E-state index in [1.54, 1.807) is 0 Å². The van der Waals surface area contributed by atoms with E-state index in [9.17, 15) is 5.11 Å². The van der Waals surface area contributed by atoms with Gasteiger partial charge in [0, 0.05) is 31.2 Å². The maximum atomic E-state index is 9.48. The highest BCUT2D eigenvalue weighted by Crippen LogP contribution is 2.15. The van der Waals surface area contributed by atoms with Crippen LogP contribution in [0.1, 0.15) is 47.0 Å². The minimum atomic E-state index is -0.0943. The molecule has 120 valence electrons. The van der Waals surface area contributed by atoms with Crippen molar-refractivity contribution in [2.24, 2.45) is 0 Å². The molecule has 0 saturated carbocycles. The van der Waals surface area contributed by atoms with E-state index in [-0.39, 0.29) is 12.1 Å². The quantitative estimate of drug-likeness (QED) is 0.630. The lowest BCUT2D eigenvalue weighted by Gasteiger charge is -2.39. The number of rotatable bonds is 9. The van der Waals surface area contributed by atoms with Gasteiger partial charge in [-0.3, -0.25) is 4.90 Å². The summed E-state index contributed by atoms with van der Waals surface area (Å²) in [7, 11) is 0. The number of nitrogens with zero attached hydrogens (tertiary/aromatic N) is 2. The number of unbranched alkanes of at least 4 members (excludes halogenated alkanes) is 1. The normalized spacial score (nSPS) is 24.8. The van der Waals surface area contributed by atoms with Gasteiger partial charge in [0.05, 0.1) is 6.61 Å². The first-order valence-corrected chi connectivity index (χ1v) is 8.37. The zero-order chi connectivity index (χ0) is 15.0. The van der Waals surface area contributed by atoms with Crippen molar-refractivity contribution in [2.45, 2.75) is 58.5 Å².